The van der Waals surface area contributed by atoms with Gasteiger partial charge in [-0.1, -0.05) is 12.1 Å². The lowest BCUT2D eigenvalue weighted by Gasteiger charge is -2.03. The van der Waals surface area contributed by atoms with Crippen LogP contribution in [0.1, 0.15) is 6.42 Å². The molecule has 0 saturated carbocycles. The number of rotatable bonds is 5. The molecule has 1 aromatic carbocycles. The SMILES string of the molecule is O=C(O)CCS(=O)(=O)c1ccccc1[N+](=O)[O-]. The number of hydrogen-bond acceptors (Lipinski definition) is 5. The Hall–Kier alpha value is -1.96. The molecule has 0 atom stereocenters. The number of para-hydroxylation sites is 1. The van der Waals surface area contributed by atoms with Crippen molar-refractivity contribution in [2.45, 2.75) is 11.3 Å². The minimum absolute atomic E-state index is 0.453. The number of nitro groups is 1. The van der Waals surface area contributed by atoms with Crippen molar-refractivity contribution >= 4 is 21.5 Å². The van der Waals surface area contributed by atoms with Gasteiger partial charge in [0.05, 0.1) is 17.1 Å². The predicted molar refractivity (Wildman–Crippen MR) is 57.4 cm³/mol. The predicted octanol–water partition coefficient (Wildman–Crippen LogP) is 0.843. The topological polar surface area (TPSA) is 115 Å². The Kier molecular flexibility index (Phi) is 3.79. The van der Waals surface area contributed by atoms with Gasteiger partial charge >= 0.3 is 5.97 Å². The van der Waals surface area contributed by atoms with Gasteiger partial charge in [-0.3, -0.25) is 14.9 Å². The zero-order chi connectivity index (χ0) is 13.1. The number of benzene rings is 1. The van der Waals surface area contributed by atoms with Crippen molar-refractivity contribution in [3.05, 3.63) is 34.4 Å². The van der Waals surface area contributed by atoms with Crippen LogP contribution in [0.3, 0.4) is 0 Å². The monoisotopic (exact) mass is 259 g/mol. The smallest absolute Gasteiger partial charge is 0.304 e. The lowest BCUT2D eigenvalue weighted by Crippen LogP contribution is -2.12. The average molecular weight is 259 g/mol. The number of hydrogen-bond donors (Lipinski definition) is 1. The first-order valence-corrected chi connectivity index (χ1v) is 6.18. The molecule has 0 saturated heterocycles. The van der Waals surface area contributed by atoms with Crippen LogP contribution in [0.25, 0.3) is 0 Å². The summed E-state index contributed by atoms with van der Waals surface area (Å²) < 4.78 is 23.4. The van der Waals surface area contributed by atoms with Gasteiger partial charge in [-0.2, -0.15) is 0 Å². The number of carboxylic acids is 1. The summed E-state index contributed by atoms with van der Waals surface area (Å²) >= 11 is 0. The van der Waals surface area contributed by atoms with E-state index in [2.05, 4.69) is 0 Å². The fourth-order valence-corrected chi connectivity index (χ4v) is 2.61. The highest BCUT2D eigenvalue weighted by Gasteiger charge is 2.25. The third-order valence-electron chi connectivity index (χ3n) is 1.98. The van der Waals surface area contributed by atoms with Gasteiger partial charge in [-0.05, 0) is 6.07 Å². The molecule has 7 nitrogen and oxygen atoms in total. The van der Waals surface area contributed by atoms with E-state index >= 15 is 0 Å². The van der Waals surface area contributed by atoms with Gasteiger partial charge in [-0.15, -0.1) is 0 Å². The van der Waals surface area contributed by atoms with Gasteiger partial charge in [0.25, 0.3) is 5.69 Å². The first-order chi connectivity index (χ1) is 7.84. The van der Waals surface area contributed by atoms with Crippen molar-refractivity contribution in [1.82, 2.24) is 0 Å². The maximum atomic E-state index is 11.7. The second-order valence-corrected chi connectivity index (χ2v) is 5.27. The average Bonchev–Trinajstić information content (AvgIpc) is 2.26. The molecule has 0 bridgehead atoms. The number of nitrogens with zero attached hydrogens (tertiary/aromatic N) is 1. The van der Waals surface area contributed by atoms with E-state index in [0.717, 1.165) is 12.1 Å². The van der Waals surface area contributed by atoms with Crippen molar-refractivity contribution in [3.63, 3.8) is 0 Å². The minimum Gasteiger partial charge on any atom is -0.481 e. The molecule has 0 radical (unpaired) electrons. The highest BCUT2D eigenvalue weighted by atomic mass is 32.2. The van der Waals surface area contributed by atoms with E-state index in [0.29, 0.717) is 0 Å². The number of carbonyl (C=O) groups is 1. The maximum absolute atomic E-state index is 11.7. The van der Waals surface area contributed by atoms with Gasteiger partial charge in [0.2, 0.25) is 0 Å². The second kappa shape index (κ2) is 4.91. The van der Waals surface area contributed by atoms with Gasteiger partial charge in [-0.25, -0.2) is 8.42 Å². The summed E-state index contributed by atoms with van der Waals surface area (Å²) in [5.74, 6) is -1.93. The van der Waals surface area contributed by atoms with Crippen LogP contribution in [0, 0.1) is 10.1 Å². The Balaban J connectivity index is 3.15. The highest BCUT2D eigenvalue weighted by molar-refractivity contribution is 7.91. The molecular weight excluding hydrogens is 250 g/mol. The first kappa shape index (κ1) is 13.1. The van der Waals surface area contributed by atoms with E-state index < -0.39 is 43.5 Å². The van der Waals surface area contributed by atoms with Crippen molar-refractivity contribution in [1.29, 1.82) is 0 Å². The molecule has 1 rings (SSSR count). The highest BCUT2D eigenvalue weighted by Crippen LogP contribution is 2.24. The molecule has 0 fully saturated rings. The Bertz CT molecular complexity index is 550. The summed E-state index contributed by atoms with van der Waals surface area (Å²) in [5, 5.41) is 19.0. The molecule has 0 aliphatic rings. The largest absolute Gasteiger partial charge is 0.481 e. The summed E-state index contributed by atoms with van der Waals surface area (Å²) in [6.45, 7) is 0. The van der Waals surface area contributed by atoms with E-state index in [-0.39, 0.29) is 0 Å². The fourth-order valence-electron chi connectivity index (χ4n) is 1.20. The van der Waals surface area contributed by atoms with Gasteiger partial charge in [0.15, 0.2) is 9.84 Å². The van der Waals surface area contributed by atoms with E-state index in [1.54, 1.807) is 0 Å². The molecule has 0 aliphatic heterocycles. The van der Waals surface area contributed by atoms with Crippen LogP contribution in [-0.4, -0.2) is 30.2 Å². The molecule has 0 aliphatic carbocycles. The van der Waals surface area contributed by atoms with Crippen LogP contribution >= 0.6 is 0 Å². The van der Waals surface area contributed by atoms with Gasteiger partial charge in [0.1, 0.15) is 4.90 Å². The molecule has 1 aromatic rings. The minimum atomic E-state index is -3.95. The molecule has 0 heterocycles. The maximum Gasteiger partial charge on any atom is 0.304 e. The third kappa shape index (κ3) is 3.25. The third-order valence-corrected chi connectivity index (χ3v) is 3.74. The van der Waals surface area contributed by atoms with Crippen LogP contribution in [0.2, 0.25) is 0 Å². The van der Waals surface area contributed by atoms with Gasteiger partial charge in [0, 0.05) is 6.07 Å². The van der Waals surface area contributed by atoms with Crippen molar-refractivity contribution in [2.75, 3.05) is 5.75 Å². The summed E-state index contributed by atoms with van der Waals surface area (Å²) in [4.78, 5) is 19.7. The van der Waals surface area contributed by atoms with Crippen molar-refractivity contribution < 1.29 is 23.2 Å². The number of carboxylic acid groups (broad SMARTS) is 1. The van der Waals surface area contributed by atoms with Crippen LogP contribution in [0.5, 0.6) is 0 Å². The molecule has 0 unspecified atom stereocenters. The summed E-state index contributed by atoms with van der Waals surface area (Å²) in [7, 11) is -3.95. The van der Waals surface area contributed by atoms with Gasteiger partial charge < -0.3 is 5.11 Å². The molecule has 0 amide bonds. The number of sulfone groups is 1. The van der Waals surface area contributed by atoms with Crippen LogP contribution in [0.15, 0.2) is 29.2 Å². The standard InChI is InChI=1S/C9H9NO6S/c11-9(12)5-6-17(15,16)8-4-2-1-3-7(8)10(13)14/h1-4H,5-6H2,(H,11,12). The molecule has 1 N–H and O–H groups in total. The van der Waals surface area contributed by atoms with E-state index in [1.807, 2.05) is 0 Å². The van der Waals surface area contributed by atoms with Crippen LogP contribution < -0.4 is 0 Å². The van der Waals surface area contributed by atoms with Crippen molar-refractivity contribution in [2.24, 2.45) is 0 Å². The van der Waals surface area contributed by atoms with E-state index in [4.69, 9.17) is 5.11 Å². The lowest BCUT2D eigenvalue weighted by atomic mass is 10.3. The number of aliphatic carboxylic acids is 1. The zero-order valence-electron chi connectivity index (χ0n) is 8.57. The van der Waals surface area contributed by atoms with E-state index in [1.165, 1.54) is 12.1 Å². The summed E-state index contributed by atoms with van der Waals surface area (Å²) in [5.41, 5.74) is -0.544. The molecule has 8 heteroatoms. The lowest BCUT2D eigenvalue weighted by molar-refractivity contribution is -0.387. The molecular formula is C9H9NO6S. The Morgan fingerprint density at radius 3 is 2.47 bits per heavy atom. The molecule has 92 valence electrons. The summed E-state index contributed by atoms with van der Waals surface area (Å²) in [6, 6.07) is 4.85. The Labute approximate surface area is 96.8 Å². The van der Waals surface area contributed by atoms with E-state index in [9.17, 15) is 23.3 Å². The molecule has 0 aromatic heterocycles. The van der Waals surface area contributed by atoms with Crippen molar-refractivity contribution in [3.8, 4) is 0 Å². The van der Waals surface area contributed by atoms with Crippen LogP contribution in [0.4, 0.5) is 5.69 Å². The Morgan fingerprint density at radius 2 is 1.94 bits per heavy atom. The number of nitro benzene ring substituents is 1. The summed E-state index contributed by atoms with van der Waals surface area (Å²) in [6.07, 6.45) is -0.589. The quantitative estimate of drug-likeness (QED) is 0.619. The Morgan fingerprint density at radius 1 is 1.35 bits per heavy atom. The fraction of sp³-hybridized carbons (Fsp3) is 0.222. The molecule has 0 spiro atoms. The normalized spacial score (nSPS) is 11.1. The molecule has 17 heavy (non-hydrogen) atoms. The zero-order valence-corrected chi connectivity index (χ0v) is 9.38. The first-order valence-electron chi connectivity index (χ1n) is 4.52. The van der Waals surface area contributed by atoms with Crippen LogP contribution in [-0.2, 0) is 14.6 Å². The second-order valence-electron chi connectivity index (χ2n) is 3.19.